The number of nitrogens with one attached hydrogen (secondary N) is 2. The van der Waals surface area contributed by atoms with Gasteiger partial charge in [0.1, 0.15) is 5.82 Å². The molecule has 1 aliphatic rings. The molecule has 0 bridgehead atoms. The zero-order chi connectivity index (χ0) is 18.4. The van der Waals surface area contributed by atoms with Crippen molar-refractivity contribution in [1.29, 1.82) is 0 Å². The van der Waals surface area contributed by atoms with Gasteiger partial charge in [-0.15, -0.1) is 0 Å². The van der Waals surface area contributed by atoms with Crippen LogP contribution in [0.1, 0.15) is 48.0 Å². The maximum absolute atomic E-state index is 13.7. The van der Waals surface area contributed by atoms with Gasteiger partial charge in [-0.3, -0.25) is 9.59 Å². The summed E-state index contributed by atoms with van der Waals surface area (Å²) < 4.78 is 13.7. The van der Waals surface area contributed by atoms with Crippen LogP contribution in [0.3, 0.4) is 0 Å². The Bertz CT molecular complexity index is 785. The van der Waals surface area contributed by atoms with Crippen LogP contribution in [0.25, 0.3) is 0 Å². The smallest absolute Gasteiger partial charge is 0.253 e. The first-order valence-electron chi connectivity index (χ1n) is 9.06. The van der Waals surface area contributed by atoms with Crippen LogP contribution in [0.2, 0.25) is 0 Å². The number of anilines is 1. The average Bonchev–Trinajstić information content (AvgIpc) is 2.65. The molecule has 136 valence electrons. The van der Waals surface area contributed by atoms with Crippen molar-refractivity contribution in [1.82, 2.24) is 5.32 Å². The highest BCUT2D eigenvalue weighted by Crippen LogP contribution is 2.20. The summed E-state index contributed by atoms with van der Waals surface area (Å²) in [4.78, 5) is 24.9. The molecule has 0 aromatic heterocycles. The van der Waals surface area contributed by atoms with E-state index in [0.29, 0.717) is 16.8 Å². The Morgan fingerprint density at radius 2 is 1.65 bits per heavy atom. The third-order valence-electron chi connectivity index (χ3n) is 4.70. The fourth-order valence-electron chi connectivity index (χ4n) is 3.31. The molecule has 1 saturated carbocycles. The Morgan fingerprint density at radius 1 is 0.962 bits per heavy atom. The van der Waals surface area contributed by atoms with E-state index in [2.05, 4.69) is 10.6 Å². The molecule has 0 aliphatic heterocycles. The van der Waals surface area contributed by atoms with Crippen molar-refractivity contribution in [2.24, 2.45) is 0 Å². The first kappa shape index (κ1) is 18.1. The van der Waals surface area contributed by atoms with Crippen molar-refractivity contribution >= 4 is 17.5 Å². The molecule has 5 heteroatoms. The van der Waals surface area contributed by atoms with Crippen molar-refractivity contribution in [3.8, 4) is 0 Å². The fraction of sp³-hybridized carbons (Fsp3) is 0.333. The van der Waals surface area contributed by atoms with Crippen molar-refractivity contribution in [2.75, 3.05) is 5.32 Å². The zero-order valence-corrected chi connectivity index (χ0v) is 14.6. The first-order valence-corrected chi connectivity index (χ1v) is 9.06. The number of amides is 2. The van der Waals surface area contributed by atoms with E-state index in [1.165, 1.54) is 12.5 Å². The lowest BCUT2D eigenvalue weighted by atomic mass is 9.95. The molecule has 2 aromatic rings. The van der Waals surface area contributed by atoms with Gasteiger partial charge in [0.2, 0.25) is 5.91 Å². The van der Waals surface area contributed by atoms with E-state index >= 15 is 0 Å². The monoisotopic (exact) mass is 354 g/mol. The molecule has 1 fully saturated rings. The molecule has 0 atom stereocenters. The predicted octanol–water partition coefficient (Wildman–Crippen LogP) is 4.07. The number of benzene rings is 2. The Hall–Kier alpha value is -2.69. The maximum Gasteiger partial charge on any atom is 0.253 e. The molecule has 1 aliphatic carbocycles. The van der Waals surface area contributed by atoms with Gasteiger partial charge in [0.15, 0.2) is 0 Å². The SMILES string of the molecule is O=C(Cc1ccccc1F)Nc1ccccc1C(=O)NC1CCCCC1. The topological polar surface area (TPSA) is 58.2 Å². The van der Waals surface area contributed by atoms with Crippen LogP contribution < -0.4 is 10.6 Å². The molecule has 2 amide bonds. The molecule has 2 aromatic carbocycles. The van der Waals surface area contributed by atoms with Crippen molar-refractivity contribution in [2.45, 2.75) is 44.6 Å². The van der Waals surface area contributed by atoms with Crippen LogP contribution in [0, 0.1) is 5.82 Å². The molecule has 4 nitrogen and oxygen atoms in total. The fourth-order valence-corrected chi connectivity index (χ4v) is 3.31. The molecule has 2 N–H and O–H groups in total. The summed E-state index contributed by atoms with van der Waals surface area (Å²) in [6.45, 7) is 0. The van der Waals surface area contributed by atoms with E-state index in [1.807, 2.05) is 0 Å². The van der Waals surface area contributed by atoms with Crippen LogP contribution in [0.5, 0.6) is 0 Å². The second kappa shape index (κ2) is 8.61. The van der Waals surface area contributed by atoms with Gasteiger partial charge in [0, 0.05) is 6.04 Å². The standard InChI is InChI=1S/C21H23FN2O2/c22-18-12-6-4-8-15(18)14-20(25)24-19-13-7-5-11-17(19)21(26)23-16-9-2-1-3-10-16/h4-8,11-13,16H,1-3,9-10,14H2,(H,23,26)(H,24,25). The largest absolute Gasteiger partial charge is 0.349 e. The molecule has 26 heavy (non-hydrogen) atoms. The van der Waals surface area contributed by atoms with Crippen molar-refractivity contribution in [3.63, 3.8) is 0 Å². The second-order valence-corrected chi connectivity index (χ2v) is 6.67. The Labute approximate surface area is 152 Å². The molecule has 0 unspecified atom stereocenters. The third kappa shape index (κ3) is 4.69. The Morgan fingerprint density at radius 3 is 2.42 bits per heavy atom. The Kier molecular flexibility index (Phi) is 6.00. The molecule has 0 heterocycles. The summed E-state index contributed by atoms with van der Waals surface area (Å²) in [5.41, 5.74) is 1.20. The predicted molar refractivity (Wildman–Crippen MR) is 99.5 cm³/mol. The van der Waals surface area contributed by atoms with E-state index in [0.717, 1.165) is 25.7 Å². The minimum absolute atomic E-state index is 0.0781. The highest BCUT2D eigenvalue weighted by Gasteiger charge is 2.19. The van der Waals surface area contributed by atoms with Crippen molar-refractivity contribution in [3.05, 3.63) is 65.5 Å². The summed E-state index contributed by atoms with van der Waals surface area (Å²) in [6.07, 6.45) is 5.39. The second-order valence-electron chi connectivity index (χ2n) is 6.67. The lowest BCUT2D eigenvalue weighted by Crippen LogP contribution is -2.36. The van der Waals surface area contributed by atoms with E-state index in [9.17, 15) is 14.0 Å². The first-order chi connectivity index (χ1) is 12.6. The van der Waals surface area contributed by atoms with Crippen LogP contribution in [0.4, 0.5) is 10.1 Å². The van der Waals surface area contributed by atoms with E-state index in [4.69, 9.17) is 0 Å². The van der Waals surface area contributed by atoms with Gasteiger partial charge in [-0.05, 0) is 36.6 Å². The van der Waals surface area contributed by atoms with Crippen molar-refractivity contribution < 1.29 is 14.0 Å². The number of para-hydroxylation sites is 1. The highest BCUT2D eigenvalue weighted by molar-refractivity contribution is 6.04. The van der Waals surface area contributed by atoms with Gasteiger partial charge in [-0.1, -0.05) is 49.6 Å². The molecule has 0 radical (unpaired) electrons. The van der Waals surface area contributed by atoms with Gasteiger partial charge < -0.3 is 10.6 Å². The van der Waals surface area contributed by atoms with Gasteiger partial charge >= 0.3 is 0 Å². The quantitative estimate of drug-likeness (QED) is 0.850. The van der Waals surface area contributed by atoms with Crippen LogP contribution >= 0.6 is 0 Å². The molecular formula is C21H23FN2O2. The molecule has 3 rings (SSSR count). The normalized spacial score (nSPS) is 14.7. The maximum atomic E-state index is 13.7. The van der Waals surface area contributed by atoms with Gasteiger partial charge in [-0.2, -0.15) is 0 Å². The van der Waals surface area contributed by atoms with E-state index in [1.54, 1.807) is 42.5 Å². The highest BCUT2D eigenvalue weighted by atomic mass is 19.1. The molecule has 0 saturated heterocycles. The van der Waals surface area contributed by atoms with Gasteiger partial charge in [0.05, 0.1) is 17.7 Å². The number of hydrogen-bond acceptors (Lipinski definition) is 2. The lowest BCUT2D eigenvalue weighted by Gasteiger charge is -2.23. The number of rotatable bonds is 5. The Balaban J connectivity index is 1.67. The van der Waals surface area contributed by atoms with Crippen LogP contribution in [-0.2, 0) is 11.2 Å². The lowest BCUT2D eigenvalue weighted by molar-refractivity contribution is -0.115. The summed E-state index contributed by atoms with van der Waals surface area (Å²) in [5, 5.41) is 5.80. The number of halogens is 1. The van der Waals surface area contributed by atoms with E-state index in [-0.39, 0.29) is 24.3 Å². The molecular weight excluding hydrogens is 331 g/mol. The number of carbonyl (C=O) groups is 2. The van der Waals surface area contributed by atoms with E-state index < -0.39 is 5.82 Å². The average molecular weight is 354 g/mol. The molecule has 0 spiro atoms. The van der Waals surface area contributed by atoms with Crippen LogP contribution in [-0.4, -0.2) is 17.9 Å². The summed E-state index contributed by atoms with van der Waals surface area (Å²) >= 11 is 0. The minimum atomic E-state index is -0.411. The van der Waals surface area contributed by atoms with Gasteiger partial charge in [-0.25, -0.2) is 4.39 Å². The summed E-state index contributed by atoms with van der Waals surface area (Å²) in [5.74, 6) is -0.947. The van der Waals surface area contributed by atoms with Gasteiger partial charge in [0.25, 0.3) is 5.91 Å². The summed E-state index contributed by atoms with van der Waals surface area (Å²) in [6, 6.07) is 13.3. The number of hydrogen-bond donors (Lipinski definition) is 2. The zero-order valence-electron chi connectivity index (χ0n) is 14.6. The number of carbonyl (C=O) groups excluding carboxylic acids is 2. The third-order valence-corrected chi connectivity index (χ3v) is 4.70. The summed E-state index contributed by atoms with van der Waals surface area (Å²) in [7, 11) is 0. The van der Waals surface area contributed by atoms with Crippen LogP contribution in [0.15, 0.2) is 48.5 Å². The minimum Gasteiger partial charge on any atom is -0.349 e.